The highest BCUT2D eigenvalue weighted by Gasteiger charge is 2.22. The lowest BCUT2D eigenvalue weighted by molar-refractivity contribution is -0.384. The van der Waals surface area contributed by atoms with Crippen molar-refractivity contribution in [3.05, 3.63) is 27.9 Å². The third kappa shape index (κ3) is 4.28. The Balaban J connectivity index is 3.22. The van der Waals surface area contributed by atoms with Gasteiger partial charge in [0.1, 0.15) is 0 Å². The molecule has 1 aromatic heterocycles. The van der Waals surface area contributed by atoms with Crippen LogP contribution in [-0.4, -0.2) is 45.8 Å². The number of rotatable bonds is 8. The summed E-state index contributed by atoms with van der Waals surface area (Å²) >= 11 is 0. The molecule has 4 N–H and O–H groups in total. The molecule has 9 heteroatoms. The lowest BCUT2D eigenvalue weighted by Crippen LogP contribution is -2.29. The van der Waals surface area contributed by atoms with Crippen LogP contribution in [0, 0.1) is 10.1 Å². The van der Waals surface area contributed by atoms with Gasteiger partial charge in [-0.15, -0.1) is 0 Å². The summed E-state index contributed by atoms with van der Waals surface area (Å²) in [7, 11) is 0. The van der Waals surface area contributed by atoms with Crippen molar-refractivity contribution < 1.29 is 15.2 Å². The SMILES string of the molecule is CCCCN(CCO)c1ncc(C(N)=NO)cc1[N+](=O)[O-]. The van der Waals surface area contributed by atoms with E-state index in [2.05, 4.69) is 10.1 Å². The summed E-state index contributed by atoms with van der Waals surface area (Å²) in [5.74, 6) is -0.0867. The van der Waals surface area contributed by atoms with Gasteiger partial charge in [-0.1, -0.05) is 18.5 Å². The number of nitro groups is 1. The molecule has 21 heavy (non-hydrogen) atoms. The third-order valence-corrected chi connectivity index (χ3v) is 2.90. The number of oxime groups is 1. The number of aliphatic hydroxyl groups is 1. The highest BCUT2D eigenvalue weighted by atomic mass is 16.6. The number of aromatic nitrogens is 1. The zero-order chi connectivity index (χ0) is 15.8. The van der Waals surface area contributed by atoms with E-state index in [1.165, 1.54) is 12.3 Å². The molecule has 116 valence electrons. The van der Waals surface area contributed by atoms with Crippen molar-refractivity contribution in [2.75, 3.05) is 24.6 Å². The minimum absolute atomic E-state index is 0.134. The first kappa shape index (κ1) is 16.6. The number of hydrogen-bond donors (Lipinski definition) is 3. The summed E-state index contributed by atoms with van der Waals surface area (Å²) < 4.78 is 0. The fourth-order valence-electron chi connectivity index (χ4n) is 1.82. The Morgan fingerprint density at radius 3 is 2.81 bits per heavy atom. The maximum atomic E-state index is 11.2. The molecule has 0 saturated heterocycles. The second-order valence-corrected chi connectivity index (χ2v) is 4.37. The molecule has 1 aromatic rings. The van der Waals surface area contributed by atoms with Crippen LogP contribution in [0.25, 0.3) is 0 Å². The van der Waals surface area contributed by atoms with E-state index >= 15 is 0 Å². The molecule has 9 nitrogen and oxygen atoms in total. The lowest BCUT2D eigenvalue weighted by atomic mass is 10.2. The summed E-state index contributed by atoms with van der Waals surface area (Å²) in [5, 5.41) is 31.7. The molecular weight excluding hydrogens is 278 g/mol. The zero-order valence-electron chi connectivity index (χ0n) is 11.8. The minimum Gasteiger partial charge on any atom is -0.409 e. The van der Waals surface area contributed by atoms with Gasteiger partial charge in [0, 0.05) is 30.9 Å². The van der Waals surface area contributed by atoms with Gasteiger partial charge in [-0.05, 0) is 6.42 Å². The van der Waals surface area contributed by atoms with Gasteiger partial charge in [-0.25, -0.2) is 4.98 Å². The Labute approximate surface area is 121 Å². The van der Waals surface area contributed by atoms with Crippen molar-refractivity contribution in [1.82, 2.24) is 4.98 Å². The van der Waals surface area contributed by atoms with Crippen LogP contribution in [0.3, 0.4) is 0 Å². The first-order valence-electron chi connectivity index (χ1n) is 6.53. The van der Waals surface area contributed by atoms with E-state index in [-0.39, 0.29) is 36.1 Å². The number of hydrogen-bond acceptors (Lipinski definition) is 7. The standard InChI is InChI=1S/C12H19N5O4/c1-2-3-4-16(5-6-18)12-10(17(20)21)7-9(8-14-12)11(13)15-19/h7-8,18-19H,2-6H2,1H3,(H2,13,15). The second kappa shape index (κ2) is 8.00. The maximum absolute atomic E-state index is 11.2. The van der Waals surface area contributed by atoms with E-state index in [1.807, 2.05) is 6.92 Å². The van der Waals surface area contributed by atoms with E-state index in [1.54, 1.807) is 4.90 Å². The van der Waals surface area contributed by atoms with Crippen molar-refractivity contribution >= 4 is 17.3 Å². The van der Waals surface area contributed by atoms with E-state index in [9.17, 15) is 10.1 Å². The number of unbranched alkanes of at least 4 members (excludes halogenated alkanes) is 1. The molecule has 0 fully saturated rings. The predicted octanol–water partition coefficient (Wildman–Crippen LogP) is 0.683. The number of anilines is 1. The van der Waals surface area contributed by atoms with Crippen LogP contribution in [0.2, 0.25) is 0 Å². The second-order valence-electron chi connectivity index (χ2n) is 4.37. The molecule has 0 bridgehead atoms. The number of amidine groups is 1. The van der Waals surface area contributed by atoms with Crippen molar-refractivity contribution in [3.63, 3.8) is 0 Å². The largest absolute Gasteiger partial charge is 0.409 e. The lowest BCUT2D eigenvalue weighted by Gasteiger charge is -2.22. The van der Waals surface area contributed by atoms with E-state index in [4.69, 9.17) is 16.0 Å². The molecule has 0 aliphatic carbocycles. The van der Waals surface area contributed by atoms with E-state index < -0.39 is 4.92 Å². The van der Waals surface area contributed by atoms with Crippen LogP contribution in [0.1, 0.15) is 25.3 Å². The molecule has 0 saturated carbocycles. The van der Waals surface area contributed by atoms with Crippen LogP contribution < -0.4 is 10.6 Å². The summed E-state index contributed by atoms with van der Waals surface area (Å²) in [6.45, 7) is 2.66. The average molecular weight is 297 g/mol. The molecule has 0 aromatic carbocycles. The van der Waals surface area contributed by atoms with Crippen molar-refractivity contribution in [3.8, 4) is 0 Å². The average Bonchev–Trinajstić information content (AvgIpc) is 2.50. The molecular formula is C12H19N5O4. The predicted molar refractivity (Wildman–Crippen MR) is 77.6 cm³/mol. The van der Waals surface area contributed by atoms with Crippen molar-refractivity contribution in [1.29, 1.82) is 0 Å². The van der Waals surface area contributed by atoms with Crippen LogP contribution >= 0.6 is 0 Å². The number of pyridine rings is 1. The Kier molecular flexibility index (Phi) is 6.34. The Hall–Kier alpha value is -2.42. The fraction of sp³-hybridized carbons (Fsp3) is 0.500. The number of nitrogens with zero attached hydrogens (tertiary/aromatic N) is 4. The molecule has 0 aliphatic rings. The van der Waals surface area contributed by atoms with Gasteiger partial charge in [0.15, 0.2) is 5.84 Å². The Morgan fingerprint density at radius 2 is 2.29 bits per heavy atom. The molecule has 0 amide bonds. The monoisotopic (exact) mass is 297 g/mol. The van der Waals surface area contributed by atoms with Gasteiger partial charge in [-0.2, -0.15) is 0 Å². The van der Waals surface area contributed by atoms with Gasteiger partial charge in [-0.3, -0.25) is 10.1 Å². The van der Waals surface area contributed by atoms with Crippen molar-refractivity contribution in [2.45, 2.75) is 19.8 Å². The Bertz CT molecular complexity index is 520. The van der Waals surface area contributed by atoms with Crippen LogP contribution in [0.5, 0.6) is 0 Å². The van der Waals surface area contributed by atoms with E-state index in [0.29, 0.717) is 6.54 Å². The van der Waals surface area contributed by atoms with Gasteiger partial charge >= 0.3 is 5.69 Å². The highest BCUT2D eigenvalue weighted by molar-refractivity contribution is 5.97. The fourth-order valence-corrected chi connectivity index (χ4v) is 1.82. The maximum Gasteiger partial charge on any atom is 0.312 e. The number of nitrogens with two attached hydrogens (primary N) is 1. The molecule has 0 unspecified atom stereocenters. The Morgan fingerprint density at radius 1 is 1.57 bits per heavy atom. The topological polar surface area (TPSA) is 138 Å². The third-order valence-electron chi connectivity index (χ3n) is 2.90. The number of aliphatic hydroxyl groups excluding tert-OH is 1. The minimum atomic E-state index is -0.577. The van der Waals surface area contributed by atoms with Gasteiger partial charge < -0.3 is 20.9 Å². The zero-order valence-corrected chi connectivity index (χ0v) is 11.8. The van der Waals surface area contributed by atoms with Crippen LogP contribution in [-0.2, 0) is 0 Å². The normalized spacial score (nSPS) is 11.4. The summed E-state index contributed by atoms with van der Waals surface area (Å²) in [5.41, 5.74) is 5.33. The molecule has 0 radical (unpaired) electrons. The molecule has 0 atom stereocenters. The highest BCUT2D eigenvalue weighted by Crippen LogP contribution is 2.26. The summed E-state index contributed by atoms with van der Waals surface area (Å²) in [6.07, 6.45) is 3.03. The molecule has 1 rings (SSSR count). The molecule has 0 spiro atoms. The molecule has 0 aliphatic heterocycles. The quantitative estimate of drug-likeness (QED) is 0.211. The van der Waals surface area contributed by atoms with Gasteiger partial charge in [0.2, 0.25) is 5.82 Å². The van der Waals surface area contributed by atoms with E-state index in [0.717, 1.165) is 12.8 Å². The first-order valence-corrected chi connectivity index (χ1v) is 6.53. The molecule has 1 heterocycles. The summed E-state index contributed by atoms with van der Waals surface area (Å²) in [6, 6.07) is 1.20. The summed E-state index contributed by atoms with van der Waals surface area (Å²) in [4.78, 5) is 16.3. The smallest absolute Gasteiger partial charge is 0.312 e. The van der Waals surface area contributed by atoms with Crippen LogP contribution in [0.15, 0.2) is 17.4 Å². The van der Waals surface area contributed by atoms with Gasteiger partial charge in [0.25, 0.3) is 0 Å². The van der Waals surface area contributed by atoms with Crippen LogP contribution in [0.4, 0.5) is 11.5 Å². The van der Waals surface area contributed by atoms with Gasteiger partial charge in [0.05, 0.1) is 11.5 Å². The first-order chi connectivity index (χ1) is 10.0. The van der Waals surface area contributed by atoms with Crippen molar-refractivity contribution in [2.24, 2.45) is 10.9 Å².